The Hall–Kier alpha value is -1.52. The highest BCUT2D eigenvalue weighted by molar-refractivity contribution is 7.08. The topological polar surface area (TPSA) is 55.1 Å². The fraction of sp³-hybridized carbons (Fsp3) is 0.0833. The van der Waals surface area contributed by atoms with E-state index in [9.17, 15) is 4.79 Å². The predicted molar refractivity (Wildman–Crippen MR) is 72.3 cm³/mol. The molecule has 3 N–H and O–H groups in total. The highest BCUT2D eigenvalue weighted by Gasteiger charge is 2.11. The number of nitrogens with one attached hydrogen (secondary N) is 1. The predicted octanol–water partition coefficient (Wildman–Crippen LogP) is 3.55. The van der Waals surface area contributed by atoms with Crippen molar-refractivity contribution in [3.05, 3.63) is 45.1 Å². The number of benzene rings is 1. The van der Waals surface area contributed by atoms with Crippen molar-refractivity contribution in [2.24, 2.45) is 5.73 Å². The molecule has 0 aliphatic heterocycles. The smallest absolute Gasteiger partial charge is 0.251 e. The molecule has 0 spiro atoms. The van der Waals surface area contributed by atoms with Crippen LogP contribution in [0.1, 0.15) is 15.9 Å². The number of aryl methyl sites for hydroxylation is 1. The third-order valence-electron chi connectivity index (χ3n) is 2.39. The molecule has 0 atom stereocenters. The van der Waals surface area contributed by atoms with Gasteiger partial charge in [-0.3, -0.25) is 4.79 Å². The summed E-state index contributed by atoms with van der Waals surface area (Å²) >= 11 is 7.58. The Morgan fingerprint density at radius 3 is 2.82 bits per heavy atom. The van der Waals surface area contributed by atoms with Gasteiger partial charge in [0.2, 0.25) is 0 Å². The zero-order valence-electron chi connectivity index (χ0n) is 9.16. The van der Waals surface area contributed by atoms with Gasteiger partial charge in [0.1, 0.15) is 0 Å². The number of anilines is 2. The lowest BCUT2D eigenvalue weighted by Gasteiger charge is -2.09. The van der Waals surface area contributed by atoms with Crippen molar-refractivity contribution >= 4 is 40.2 Å². The number of primary amides is 1. The van der Waals surface area contributed by atoms with Crippen LogP contribution in [0, 0.1) is 6.92 Å². The van der Waals surface area contributed by atoms with Crippen LogP contribution in [0.15, 0.2) is 29.0 Å². The lowest BCUT2D eigenvalue weighted by atomic mass is 10.2. The van der Waals surface area contributed by atoms with Crippen LogP contribution >= 0.6 is 22.9 Å². The first-order chi connectivity index (χ1) is 8.09. The van der Waals surface area contributed by atoms with Crippen molar-refractivity contribution in [3.63, 3.8) is 0 Å². The quantitative estimate of drug-likeness (QED) is 0.893. The molecule has 0 radical (unpaired) electrons. The van der Waals surface area contributed by atoms with E-state index in [4.69, 9.17) is 17.3 Å². The lowest BCUT2D eigenvalue weighted by molar-refractivity contribution is 0.100. The fourth-order valence-corrected chi connectivity index (χ4v) is 2.42. The molecule has 5 heteroatoms. The number of carbonyl (C=O) groups excluding carboxylic acids is 1. The summed E-state index contributed by atoms with van der Waals surface area (Å²) in [4.78, 5) is 11.2. The normalized spacial score (nSPS) is 10.2. The number of nitrogens with two attached hydrogens (primary N) is 1. The Balaban J connectivity index is 2.35. The zero-order valence-corrected chi connectivity index (χ0v) is 10.7. The molecule has 2 rings (SSSR count). The average Bonchev–Trinajstić information content (AvgIpc) is 2.73. The standard InChI is InChI=1S/C12H11ClN2OS/c1-7-3-2-4-9(11(7)13)15-10-6-17-5-8(10)12(14)16/h2-6,15H,1H3,(H2,14,16). The van der Waals surface area contributed by atoms with Gasteiger partial charge in [-0.05, 0) is 18.6 Å². The van der Waals surface area contributed by atoms with Crippen molar-refractivity contribution in [2.75, 3.05) is 5.32 Å². The highest BCUT2D eigenvalue weighted by atomic mass is 35.5. The second kappa shape index (κ2) is 4.77. The summed E-state index contributed by atoms with van der Waals surface area (Å²) in [5.74, 6) is -0.447. The molecule has 0 aliphatic rings. The largest absolute Gasteiger partial charge is 0.366 e. The molecule has 17 heavy (non-hydrogen) atoms. The van der Waals surface area contributed by atoms with Crippen molar-refractivity contribution in [2.45, 2.75) is 6.92 Å². The molecule has 1 aromatic carbocycles. The van der Waals surface area contributed by atoms with Gasteiger partial charge in [-0.25, -0.2) is 0 Å². The summed E-state index contributed by atoms with van der Waals surface area (Å²) in [7, 11) is 0. The van der Waals surface area contributed by atoms with E-state index in [0.29, 0.717) is 16.3 Å². The Morgan fingerprint density at radius 2 is 2.12 bits per heavy atom. The van der Waals surface area contributed by atoms with Crippen LogP contribution < -0.4 is 11.1 Å². The van der Waals surface area contributed by atoms with E-state index in [1.807, 2.05) is 30.5 Å². The summed E-state index contributed by atoms with van der Waals surface area (Å²) in [6, 6.07) is 5.69. The molecule has 1 amide bonds. The van der Waals surface area contributed by atoms with E-state index >= 15 is 0 Å². The van der Waals surface area contributed by atoms with Gasteiger partial charge in [0, 0.05) is 10.8 Å². The van der Waals surface area contributed by atoms with E-state index in [1.165, 1.54) is 11.3 Å². The van der Waals surface area contributed by atoms with Gasteiger partial charge in [0.25, 0.3) is 5.91 Å². The van der Waals surface area contributed by atoms with Crippen LogP contribution in [0.4, 0.5) is 11.4 Å². The van der Waals surface area contributed by atoms with E-state index in [1.54, 1.807) is 5.38 Å². The minimum Gasteiger partial charge on any atom is -0.366 e. The Labute approximate surface area is 108 Å². The summed E-state index contributed by atoms with van der Waals surface area (Å²) in [5, 5.41) is 7.32. The molecule has 2 aromatic rings. The maximum Gasteiger partial charge on any atom is 0.251 e. The second-order valence-electron chi connectivity index (χ2n) is 3.62. The Bertz CT molecular complexity index is 565. The fourth-order valence-electron chi connectivity index (χ4n) is 1.47. The Kier molecular flexibility index (Phi) is 3.36. The highest BCUT2D eigenvalue weighted by Crippen LogP contribution is 2.30. The number of thiophene rings is 1. The van der Waals surface area contributed by atoms with E-state index < -0.39 is 5.91 Å². The molecule has 0 aliphatic carbocycles. The molecule has 0 saturated carbocycles. The van der Waals surface area contributed by atoms with Crippen LogP contribution in [0.3, 0.4) is 0 Å². The number of halogens is 1. The SMILES string of the molecule is Cc1cccc(Nc2cscc2C(N)=O)c1Cl. The molecular weight excluding hydrogens is 256 g/mol. The van der Waals surface area contributed by atoms with Gasteiger partial charge < -0.3 is 11.1 Å². The monoisotopic (exact) mass is 266 g/mol. The van der Waals surface area contributed by atoms with E-state index in [2.05, 4.69) is 5.32 Å². The van der Waals surface area contributed by atoms with Crippen molar-refractivity contribution in [1.82, 2.24) is 0 Å². The third-order valence-corrected chi connectivity index (χ3v) is 3.63. The average molecular weight is 267 g/mol. The maximum atomic E-state index is 11.2. The van der Waals surface area contributed by atoms with E-state index in [-0.39, 0.29) is 0 Å². The first-order valence-corrected chi connectivity index (χ1v) is 6.30. The zero-order chi connectivity index (χ0) is 12.4. The van der Waals surface area contributed by atoms with Crippen molar-refractivity contribution in [3.8, 4) is 0 Å². The number of hydrogen-bond donors (Lipinski definition) is 2. The van der Waals surface area contributed by atoms with Crippen LogP contribution in [0.2, 0.25) is 5.02 Å². The molecular formula is C12H11ClN2OS. The minimum absolute atomic E-state index is 0.447. The molecule has 88 valence electrons. The van der Waals surface area contributed by atoms with Gasteiger partial charge in [0.15, 0.2) is 0 Å². The molecule has 3 nitrogen and oxygen atoms in total. The molecule has 0 saturated heterocycles. The maximum absolute atomic E-state index is 11.2. The molecule has 1 heterocycles. The minimum atomic E-state index is -0.447. The van der Waals surface area contributed by atoms with Crippen LogP contribution in [-0.2, 0) is 0 Å². The van der Waals surface area contributed by atoms with Gasteiger partial charge in [-0.1, -0.05) is 23.7 Å². The van der Waals surface area contributed by atoms with Crippen LogP contribution in [0.5, 0.6) is 0 Å². The van der Waals surface area contributed by atoms with E-state index in [0.717, 1.165) is 11.3 Å². The summed E-state index contributed by atoms with van der Waals surface area (Å²) in [6.07, 6.45) is 0. The Morgan fingerprint density at radius 1 is 1.35 bits per heavy atom. The molecule has 0 unspecified atom stereocenters. The van der Waals surface area contributed by atoms with Crippen molar-refractivity contribution in [1.29, 1.82) is 0 Å². The van der Waals surface area contributed by atoms with Gasteiger partial charge >= 0.3 is 0 Å². The lowest BCUT2D eigenvalue weighted by Crippen LogP contribution is -2.11. The first-order valence-electron chi connectivity index (χ1n) is 4.97. The number of hydrogen-bond acceptors (Lipinski definition) is 3. The summed E-state index contributed by atoms with van der Waals surface area (Å²) < 4.78 is 0. The molecule has 0 fully saturated rings. The van der Waals surface area contributed by atoms with Crippen LogP contribution in [-0.4, -0.2) is 5.91 Å². The van der Waals surface area contributed by atoms with Gasteiger partial charge in [0.05, 0.1) is 22.0 Å². The van der Waals surface area contributed by atoms with Gasteiger partial charge in [-0.2, -0.15) is 0 Å². The summed E-state index contributed by atoms with van der Waals surface area (Å²) in [6.45, 7) is 1.93. The van der Waals surface area contributed by atoms with Gasteiger partial charge in [-0.15, -0.1) is 11.3 Å². The third kappa shape index (κ3) is 2.43. The first kappa shape index (κ1) is 12.0. The summed E-state index contributed by atoms with van der Waals surface area (Å²) in [5.41, 5.74) is 8.19. The molecule has 1 aromatic heterocycles. The van der Waals surface area contributed by atoms with Crippen LogP contribution in [0.25, 0.3) is 0 Å². The number of amides is 1. The van der Waals surface area contributed by atoms with Crippen molar-refractivity contribution < 1.29 is 4.79 Å². The number of rotatable bonds is 3. The number of carbonyl (C=O) groups is 1. The molecule has 0 bridgehead atoms. The second-order valence-corrected chi connectivity index (χ2v) is 4.75.